The summed E-state index contributed by atoms with van der Waals surface area (Å²) >= 11 is 5.40. The predicted octanol–water partition coefficient (Wildman–Crippen LogP) is 0.929. The average Bonchev–Trinajstić information content (AvgIpc) is 2.89. The fraction of sp³-hybridized carbons (Fsp3) is 0.360. The van der Waals surface area contributed by atoms with Crippen molar-refractivity contribution in [1.82, 2.24) is 14.9 Å². The second-order valence-electron chi connectivity index (χ2n) is 8.49. The van der Waals surface area contributed by atoms with Crippen LogP contribution in [0.15, 0.2) is 47.3 Å². The van der Waals surface area contributed by atoms with Gasteiger partial charge in [0, 0.05) is 18.5 Å². The number of aromatic nitrogens is 2. The molecular formula is C25H29N4O5S+. The third kappa shape index (κ3) is 6.02. The number of methoxy groups -OCH3 is 1. The third-order valence-electron chi connectivity index (χ3n) is 6.15. The Bertz CT molecular complexity index is 1330. The molecule has 184 valence electrons. The number of carbonyl (C=O) groups is 2. The Labute approximate surface area is 207 Å². The minimum Gasteiger partial charge on any atom is -0.465 e. The molecule has 0 spiro atoms. The fourth-order valence-electron chi connectivity index (χ4n) is 4.14. The van der Waals surface area contributed by atoms with Crippen molar-refractivity contribution in [3.8, 4) is 0 Å². The Morgan fingerprint density at radius 3 is 2.57 bits per heavy atom. The molecule has 1 amide bonds. The molecule has 0 unspecified atom stereocenters. The molecule has 4 rings (SSSR count). The zero-order valence-corrected chi connectivity index (χ0v) is 20.4. The van der Waals surface area contributed by atoms with Crippen LogP contribution < -0.4 is 15.8 Å². The first-order valence-electron chi connectivity index (χ1n) is 11.6. The summed E-state index contributed by atoms with van der Waals surface area (Å²) in [6, 6.07) is 11.8. The van der Waals surface area contributed by atoms with E-state index in [0.717, 1.165) is 44.8 Å². The molecule has 1 aliphatic rings. The van der Waals surface area contributed by atoms with E-state index in [1.165, 1.54) is 16.6 Å². The Morgan fingerprint density at radius 1 is 1.14 bits per heavy atom. The van der Waals surface area contributed by atoms with E-state index in [9.17, 15) is 14.4 Å². The maximum absolute atomic E-state index is 13.0. The van der Waals surface area contributed by atoms with Crippen LogP contribution in [-0.4, -0.2) is 67.9 Å². The largest absolute Gasteiger partial charge is 0.465 e. The summed E-state index contributed by atoms with van der Waals surface area (Å²) in [5.41, 5.74) is 1.95. The van der Waals surface area contributed by atoms with Crippen LogP contribution in [0.1, 0.15) is 32.7 Å². The molecule has 0 radical (unpaired) electrons. The second kappa shape index (κ2) is 11.4. The summed E-state index contributed by atoms with van der Waals surface area (Å²) in [5, 5.41) is 3.39. The highest BCUT2D eigenvalue weighted by Gasteiger charge is 2.14. The SMILES string of the molecule is COC(=O)c1ccc2c(=O)n(Cc3ccc(C(=O)NCCC[NH+]4CCOCC4)cc3)c(=S)[nH]c2c1. The van der Waals surface area contributed by atoms with Crippen LogP contribution in [0.2, 0.25) is 0 Å². The van der Waals surface area contributed by atoms with Gasteiger partial charge in [0.25, 0.3) is 11.5 Å². The Kier molecular flexibility index (Phi) is 8.06. The number of nitrogens with one attached hydrogen (secondary N) is 3. The molecule has 0 saturated carbocycles. The van der Waals surface area contributed by atoms with Gasteiger partial charge in [0.2, 0.25) is 0 Å². The van der Waals surface area contributed by atoms with Crippen LogP contribution in [0, 0.1) is 4.77 Å². The van der Waals surface area contributed by atoms with E-state index in [2.05, 4.69) is 10.3 Å². The summed E-state index contributed by atoms with van der Waals surface area (Å²) in [4.78, 5) is 41.8. The number of hydrogen-bond acceptors (Lipinski definition) is 6. The molecule has 1 saturated heterocycles. The molecule has 3 N–H and O–H groups in total. The highest BCUT2D eigenvalue weighted by atomic mass is 32.1. The molecule has 35 heavy (non-hydrogen) atoms. The number of carbonyl (C=O) groups excluding carboxylic acids is 2. The summed E-state index contributed by atoms with van der Waals surface area (Å²) in [6.07, 6.45) is 0.920. The van der Waals surface area contributed by atoms with Crippen LogP contribution in [0.4, 0.5) is 0 Å². The number of esters is 1. The number of aromatic amines is 1. The minimum absolute atomic E-state index is 0.116. The van der Waals surface area contributed by atoms with Gasteiger partial charge in [0.15, 0.2) is 4.77 Å². The smallest absolute Gasteiger partial charge is 0.337 e. The molecule has 1 aromatic heterocycles. The van der Waals surface area contributed by atoms with Crippen molar-refractivity contribution in [2.45, 2.75) is 13.0 Å². The fourth-order valence-corrected chi connectivity index (χ4v) is 4.40. The number of hydrogen-bond donors (Lipinski definition) is 3. The average molecular weight is 498 g/mol. The molecule has 9 nitrogen and oxygen atoms in total. The molecule has 1 aliphatic heterocycles. The zero-order valence-electron chi connectivity index (χ0n) is 19.6. The predicted molar refractivity (Wildman–Crippen MR) is 134 cm³/mol. The van der Waals surface area contributed by atoms with E-state index >= 15 is 0 Å². The Balaban J connectivity index is 1.39. The number of rotatable bonds is 8. The molecule has 2 heterocycles. The molecule has 0 atom stereocenters. The summed E-state index contributed by atoms with van der Waals surface area (Å²) in [7, 11) is 1.30. The van der Waals surface area contributed by atoms with Crippen molar-refractivity contribution < 1.29 is 24.0 Å². The number of nitrogens with zero attached hydrogens (tertiary/aromatic N) is 1. The van der Waals surface area contributed by atoms with E-state index in [-0.39, 0.29) is 22.8 Å². The van der Waals surface area contributed by atoms with Gasteiger partial charge in [-0.2, -0.15) is 0 Å². The Morgan fingerprint density at radius 2 is 1.86 bits per heavy atom. The van der Waals surface area contributed by atoms with Gasteiger partial charge in [-0.3, -0.25) is 14.2 Å². The van der Waals surface area contributed by atoms with Crippen LogP contribution in [-0.2, 0) is 16.0 Å². The maximum Gasteiger partial charge on any atom is 0.337 e. The molecule has 1 fully saturated rings. The van der Waals surface area contributed by atoms with E-state index in [4.69, 9.17) is 21.7 Å². The number of H-pyrrole nitrogens is 1. The van der Waals surface area contributed by atoms with E-state index < -0.39 is 5.97 Å². The van der Waals surface area contributed by atoms with Crippen molar-refractivity contribution in [2.75, 3.05) is 46.5 Å². The van der Waals surface area contributed by atoms with Gasteiger partial charge in [0.1, 0.15) is 13.1 Å². The second-order valence-corrected chi connectivity index (χ2v) is 8.88. The van der Waals surface area contributed by atoms with Crippen molar-refractivity contribution in [2.24, 2.45) is 0 Å². The lowest BCUT2D eigenvalue weighted by atomic mass is 10.1. The van der Waals surface area contributed by atoms with Gasteiger partial charge in [-0.05, 0) is 48.1 Å². The van der Waals surface area contributed by atoms with Gasteiger partial charge >= 0.3 is 5.97 Å². The van der Waals surface area contributed by atoms with E-state index in [1.54, 1.807) is 30.3 Å². The number of benzene rings is 2. The Hall–Kier alpha value is -3.34. The third-order valence-corrected chi connectivity index (χ3v) is 6.47. The first kappa shape index (κ1) is 24.8. The van der Waals surface area contributed by atoms with E-state index in [0.29, 0.717) is 28.6 Å². The van der Waals surface area contributed by atoms with Crippen molar-refractivity contribution >= 4 is 35.0 Å². The lowest BCUT2D eigenvalue weighted by Gasteiger charge is -2.23. The number of amides is 1. The topological polar surface area (TPSA) is 107 Å². The van der Waals surface area contributed by atoms with Crippen molar-refractivity contribution in [3.05, 3.63) is 74.3 Å². The normalized spacial score (nSPS) is 14.1. The number of quaternary nitrogens is 1. The summed E-state index contributed by atoms with van der Waals surface area (Å²) < 4.78 is 11.8. The lowest BCUT2D eigenvalue weighted by Crippen LogP contribution is -3.14. The van der Waals surface area contributed by atoms with Crippen molar-refractivity contribution in [3.63, 3.8) is 0 Å². The van der Waals surface area contributed by atoms with Gasteiger partial charge in [-0.25, -0.2) is 4.79 Å². The number of morpholine rings is 1. The molecule has 3 aromatic rings. The first-order valence-corrected chi connectivity index (χ1v) is 12.0. The highest BCUT2D eigenvalue weighted by molar-refractivity contribution is 7.71. The van der Waals surface area contributed by atoms with Crippen LogP contribution in [0.25, 0.3) is 10.9 Å². The van der Waals surface area contributed by atoms with E-state index in [1.807, 2.05) is 12.1 Å². The standard InChI is InChI=1S/C25H28N4O5S/c1-33-24(32)19-7-8-20-21(15-19)27-25(35)29(23(20)31)16-17-3-5-18(6-4-17)22(30)26-9-2-10-28-11-13-34-14-12-28/h3-8,15H,2,9-14,16H2,1H3,(H,26,30)(H,27,35)/p+1. The van der Waals surface area contributed by atoms with Gasteiger partial charge in [-0.15, -0.1) is 0 Å². The highest BCUT2D eigenvalue weighted by Crippen LogP contribution is 2.13. The maximum atomic E-state index is 13.0. The molecule has 10 heteroatoms. The summed E-state index contributed by atoms with van der Waals surface area (Å²) in [6.45, 7) is 5.56. The number of ether oxygens (including phenoxy) is 2. The molecule has 0 bridgehead atoms. The molecule has 0 aliphatic carbocycles. The van der Waals surface area contributed by atoms with Gasteiger partial charge in [0.05, 0.1) is 49.9 Å². The zero-order chi connectivity index (χ0) is 24.8. The lowest BCUT2D eigenvalue weighted by molar-refractivity contribution is -0.908. The summed E-state index contributed by atoms with van der Waals surface area (Å²) in [5.74, 6) is -0.604. The first-order chi connectivity index (χ1) is 17.0. The van der Waals surface area contributed by atoms with Gasteiger partial charge < -0.3 is 24.7 Å². The monoisotopic (exact) mass is 497 g/mol. The molecular weight excluding hydrogens is 468 g/mol. The van der Waals surface area contributed by atoms with Crippen molar-refractivity contribution in [1.29, 1.82) is 0 Å². The molecule has 2 aromatic carbocycles. The minimum atomic E-state index is -0.488. The quantitative estimate of drug-likeness (QED) is 0.243. The van der Waals surface area contributed by atoms with Gasteiger partial charge in [-0.1, -0.05) is 12.1 Å². The van der Waals surface area contributed by atoms with Crippen LogP contribution in [0.3, 0.4) is 0 Å². The van der Waals surface area contributed by atoms with Crippen LogP contribution >= 0.6 is 12.2 Å². The van der Waals surface area contributed by atoms with Crippen LogP contribution in [0.5, 0.6) is 0 Å². The number of fused-ring (bicyclic) bond motifs is 1.